The van der Waals surface area contributed by atoms with E-state index in [1.165, 1.54) is 19.3 Å². The molecule has 58 valence electrons. The molecule has 1 heterocycles. The molecule has 2 N–H and O–H groups in total. The monoisotopic (exact) mass is 175 g/mol. The molecule has 1 aliphatic rings. The second-order valence-corrected chi connectivity index (χ2v) is 4.76. The van der Waals surface area contributed by atoms with Crippen LogP contribution in [0.25, 0.3) is 0 Å². The molecule has 0 bridgehead atoms. The van der Waals surface area contributed by atoms with Gasteiger partial charge in [-0.3, -0.25) is 0 Å². The first-order valence-electron chi connectivity index (χ1n) is 3.62. The van der Waals surface area contributed by atoms with Crippen molar-refractivity contribution in [3.63, 3.8) is 0 Å². The van der Waals surface area contributed by atoms with Gasteiger partial charge in [0.1, 0.15) is 0 Å². The zero-order valence-corrected chi connectivity index (χ0v) is 7.59. The van der Waals surface area contributed by atoms with Gasteiger partial charge in [-0.05, 0) is 24.8 Å². The predicted molar refractivity (Wildman–Crippen MR) is 51.0 cm³/mol. The lowest BCUT2D eigenvalue weighted by Gasteiger charge is -2.03. The number of rotatable bonds is 4. The first-order valence-corrected chi connectivity index (χ1v) is 5.90. The summed E-state index contributed by atoms with van der Waals surface area (Å²) in [5.41, 5.74) is 5.38. The van der Waals surface area contributed by atoms with Gasteiger partial charge >= 0.3 is 0 Å². The summed E-state index contributed by atoms with van der Waals surface area (Å²) in [6, 6.07) is 0. The van der Waals surface area contributed by atoms with E-state index in [4.69, 9.17) is 5.73 Å². The quantitative estimate of drug-likeness (QED) is 0.525. The highest BCUT2D eigenvalue weighted by Crippen LogP contribution is 2.37. The van der Waals surface area contributed by atoms with E-state index in [0.29, 0.717) is 0 Å². The molecule has 1 unspecified atom stereocenters. The van der Waals surface area contributed by atoms with E-state index in [1.807, 2.05) is 21.6 Å². The van der Waals surface area contributed by atoms with Crippen molar-refractivity contribution in [2.24, 2.45) is 5.73 Å². The van der Waals surface area contributed by atoms with Crippen molar-refractivity contribution in [3.8, 4) is 0 Å². The van der Waals surface area contributed by atoms with E-state index in [2.05, 4.69) is 11.5 Å². The van der Waals surface area contributed by atoms with Gasteiger partial charge in [0.15, 0.2) is 0 Å². The average molecular weight is 175 g/mol. The highest BCUT2D eigenvalue weighted by atomic mass is 33.1. The molecule has 10 heavy (non-hydrogen) atoms. The molecule has 0 aromatic rings. The van der Waals surface area contributed by atoms with E-state index in [1.54, 1.807) is 0 Å². The fourth-order valence-corrected chi connectivity index (χ4v) is 3.15. The minimum atomic E-state index is 0.761. The SMILES string of the molecule is NCCCCC1C=CSS1. The summed E-state index contributed by atoms with van der Waals surface area (Å²) < 4.78 is 0. The van der Waals surface area contributed by atoms with Gasteiger partial charge in [0.2, 0.25) is 0 Å². The van der Waals surface area contributed by atoms with E-state index in [9.17, 15) is 0 Å². The van der Waals surface area contributed by atoms with Crippen LogP contribution < -0.4 is 5.73 Å². The van der Waals surface area contributed by atoms with Gasteiger partial charge in [0, 0.05) is 5.25 Å². The minimum absolute atomic E-state index is 0.761. The summed E-state index contributed by atoms with van der Waals surface area (Å²) in [6.45, 7) is 0.842. The summed E-state index contributed by atoms with van der Waals surface area (Å²) in [7, 11) is 3.80. The number of unbranched alkanes of at least 4 members (excludes halogenated alkanes) is 1. The molecule has 0 aromatic heterocycles. The van der Waals surface area contributed by atoms with Crippen LogP contribution in [0.2, 0.25) is 0 Å². The van der Waals surface area contributed by atoms with Crippen molar-refractivity contribution >= 4 is 21.6 Å². The van der Waals surface area contributed by atoms with Crippen LogP contribution in [0.3, 0.4) is 0 Å². The van der Waals surface area contributed by atoms with Gasteiger partial charge in [-0.2, -0.15) is 0 Å². The standard InChI is InChI=1S/C7H13NS2/c8-5-2-1-3-7-4-6-9-10-7/h4,6-7H,1-3,5,8H2. The first-order chi connectivity index (χ1) is 4.93. The van der Waals surface area contributed by atoms with Crippen LogP contribution in [0.1, 0.15) is 19.3 Å². The molecule has 0 aliphatic carbocycles. The largest absolute Gasteiger partial charge is 0.330 e. The molecule has 0 radical (unpaired) electrons. The fraction of sp³-hybridized carbons (Fsp3) is 0.714. The zero-order valence-electron chi connectivity index (χ0n) is 5.95. The Balaban J connectivity index is 1.97. The van der Waals surface area contributed by atoms with Crippen molar-refractivity contribution in [3.05, 3.63) is 11.5 Å². The van der Waals surface area contributed by atoms with E-state index >= 15 is 0 Å². The lowest BCUT2D eigenvalue weighted by Crippen LogP contribution is -2.00. The van der Waals surface area contributed by atoms with Crippen molar-refractivity contribution < 1.29 is 0 Å². The van der Waals surface area contributed by atoms with Crippen LogP contribution >= 0.6 is 21.6 Å². The normalized spacial score (nSPS) is 23.9. The maximum absolute atomic E-state index is 5.38. The Morgan fingerprint density at radius 1 is 1.40 bits per heavy atom. The lowest BCUT2D eigenvalue weighted by atomic mass is 10.2. The van der Waals surface area contributed by atoms with Crippen LogP contribution in [-0.2, 0) is 0 Å². The van der Waals surface area contributed by atoms with Gasteiger partial charge in [-0.25, -0.2) is 0 Å². The fourth-order valence-electron chi connectivity index (χ4n) is 0.889. The number of hydrogen-bond donors (Lipinski definition) is 1. The zero-order chi connectivity index (χ0) is 7.23. The van der Waals surface area contributed by atoms with Crippen molar-refractivity contribution in [1.29, 1.82) is 0 Å². The second kappa shape index (κ2) is 5.10. The number of hydrogen-bond acceptors (Lipinski definition) is 3. The highest BCUT2D eigenvalue weighted by Gasteiger charge is 2.08. The van der Waals surface area contributed by atoms with Crippen LogP contribution in [0.5, 0.6) is 0 Å². The summed E-state index contributed by atoms with van der Waals surface area (Å²) >= 11 is 0. The molecule has 1 aliphatic heterocycles. The van der Waals surface area contributed by atoms with Crippen LogP contribution in [0.15, 0.2) is 11.5 Å². The molecule has 0 spiro atoms. The molecule has 3 heteroatoms. The lowest BCUT2D eigenvalue weighted by molar-refractivity contribution is 0.704. The maximum atomic E-state index is 5.38. The third kappa shape index (κ3) is 2.99. The van der Waals surface area contributed by atoms with Gasteiger partial charge in [-0.15, -0.1) is 0 Å². The smallest absolute Gasteiger partial charge is 0.0342 e. The maximum Gasteiger partial charge on any atom is 0.0342 e. The molecular formula is C7H13NS2. The topological polar surface area (TPSA) is 26.0 Å². The van der Waals surface area contributed by atoms with Crippen LogP contribution in [0, 0.1) is 0 Å². The molecule has 0 amide bonds. The average Bonchev–Trinajstić information content (AvgIpc) is 2.41. The number of nitrogens with two attached hydrogens (primary N) is 1. The van der Waals surface area contributed by atoms with Crippen LogP contribution in [0.4, 0.5) is 0 Å². The summed E-state index contributed by atoms with van der Waals surface area (Å²) in [6.07, 6.45) is 6.03. The summed E-state index contributed by atoms with van der Waals surface area (Å²) in [5, 5.41) is 2.94. The third-order valence-corrected chi connectivity index (χ3v) is 3.90. The Morgan fingerprint density at radius 2 is 2.30 bits per heavy atom. The van der Waals surface area contributed by atoms with Gasteiger partial charge in [0.25, 0.3) is 0 Å². The Morgan fingerprint density at radius 3 is 2.90 bits per heavy atom. The molecule has 0 saturated carbocycles. The first kappa shape index (κ1) is 8.50. The molecule has 1 rings (SSSR count). The van der Waals surface area contributed by atoms with E-state index in [-0.39, 0.29) is 0 Å². The Kier molecular flexibility index (Phi) is 4.34. The van der Waals surface area contributed by atoms with Crippen LogP contribution in [-0.4, -0.2) is 11.8 Å². The summed E-state index contributed by atoms with van der Waals surface area (Å²) in [5.74, 6) is 0. The van der Waals surface area contributed by atoms with Crippen molar-refractivity contribution in [1.82, 2.24) is 0 Å². The van der Waals surface area contributed by atoms with Crippen molar-refractivity contribution in [2.45, 2.75) is 24.5 Å². The Labute approximate surface area is 70.2 Å². The molecule has 0 aromatic carbocycles. The second-order valence-electron chi connectivity index (χ2n) is 2.34. The van der Waals surface area contributed by atoms with Gasteiger partial charge in [-0.1, -0.05) is 34.1 Å². The molecule has 1 atom stereocenters. The van der Waals surface area contributed by atoms with Gasteiger partial charge < -0.3 is 5.73 Å². The van der Waals surface area contributed by atoms with Crippen molar-refractivity contribution in [2.75, 3.05) is 6.54 Å². The van der Waals surface area contributed by atoms with E-state index in [0.717, 1.165) is 11.8 Å². The minimum Gasteiger partial charge on any atom is -0.330 e. The summed E-state index contributed by atoms with van der Waals surface area (Å²) in [4.78, 5) is 0. The Hall–Kier alpha value is 0.400. The molecular weight excluding hydrogens is 162 g/mol. The molecule has 1 nitrogen and oxygen atoms in total. The third-order valence-electron chi connectivity index (χ3n) is 1.47. The highest BCUT2D eigenvalue weighted by molar-refractivity contribution is 8.78. The molecule has 0 saturated heterocycles. The van der Waals surface area contributed by atoms with E-state index < -0.39 is 0 Å². The Bertz CT molecular complexity index is 114. The molecule has 0 fully saturated rings. The predicted octanol–water partition coefficient (Wildman–Crippen LogP) is 2.39. The van der Waals surface area contributed by atoms with Gasteiger partial charge in [0.05, 0.1) is 0 Å².